The lowest BCUT2D eigenvalue weighted by molar-refractivity contribution is -0.216. The van der Waals surface area contributed by atoms with Crippen molar-refractivity contribution in [3.63, 3.8) is 0 Å². The molecule has 1 aliphatic heterocycles. The van der Waals surface area contributed by atoms with Crippen molar-refractivity contribution in [2.75, 3.05) is 7.11 Å². The van der Waals surface area contributed by atoms with Gasteiger partial charge in [0.1, 0.15) is 0 Å². The third kappa shape index (κ3) is 1.64. The van der Waals surface area contributed by atoms with Crippen LogP contribution in [0.15, 0.2) is 22.8 Å². The highest BCUT2D eigenvalue weighted by atomic mass is 16.7. The summed E-state index contributed by atoms with van der Waals surface area (Å²) in [6.45, 7) is 6.80. The predicted molar refractivity (Wildman–Crippen MR) is 72.4 cm³/mol. The van der Waals surface area contributed by atoms with Gasteiger partial charge in [-0.25, -0.2) is 4.79 Å². The van der Waals surface area contributed by atoms with Gasteiger partial charge in [0.2, 0.25) is 5.79 Å². The number of carbonyl (C=O) groups excluding carboxylic acids is 1. The van der Waals surface area contributed by atoms with Crippen molar-refractivity contribution in [2.45, 2.75) is 52.2 Å². The summed E-state index contributed by atoms with van der Waals surface area (Å²) in [5.41, 5.74) is 4.20. The number of methoxy groups -OCH3 is 1. The van der Waals surface area contributed by atoms with E-state index < -0.39 is 5.79 Å². The van der Waals surface area contributed by atoms with Gasteiger partial charge in [0, 0.05) is 24.7 Å². The van der Waals surface area contributed by atoms with E-state index in [2.05, 4.69) is 20.8 Å². The summed E-state index contributed by atoms with van der Waals surface area (Å²) >= 11 is 0. The molecule has 3 aliphatic rings. The molecule has 3 nitrogen and oxygen atoms in total. The Morgan fingerprint density at radius 3 is 2.84 bits per heavy atom. The molecular weight excluding hydrogens is 240 g/mol. The summed E-state index contributed by atoms with van der Waals surface area (Å²) in [5.74, 6) is -0.799. The van der Waals surface area contributed by atoms with Crippen LogP contribution in [0.1, 0.15) is 46.5 Å². The number of hydrogen-bond acceptors (Lipinski definition) is 3. The molecule has 19 heavy (non-hydrogen) atoms. The van der Waals surface area contributed by atoms with Crippen molar-refractivity contribution in [1.29, 1.82) is 0 Å². The second-order valence-corrected chi connectivity index (χ2v) is 6.53. The van der Waals surface area contributed by atoms with Gasteiger partial charge in [-0.05, 0) is 44.9 Å². The van der Waals surface area contributed by atoms with Gasteiger partial charge in [-0.15, -0.1) is 0 Å². The van der Waals surface area contributed by atoms with Gasteiger partial charge in [0.15, 0.2) is 0 Å². The van der Waals surface area contributed by atoms with Gasteiger partial charge in [0.25, 0.3) is 0 Å². The minimum Gasteiger partial charge on any atom is -0.425 e. The van der Waals surface area contributed by atoms with Crippen LogP contribution in [0.5, 0.6) is 0 Å². The van der Waals surface area contributed by atoms with Crippen molar-refractivity contribution in [2.24, 2.45) is 11.3 Å². The second-order valence-electron chi connectivity index (χ2n) is 6.53. The van der Waals surface area contributed by atoms with E-state index in [9.17, 15) is 4.79 Å². The number of allylic oxidation sites excluding steroid dienone is 2. The molecule has 3 heteroatoms. The summed E-state index contributed by atoms with van der Waals surface area (Å²) in [6.07, 6.45) is 5.60. The fraction of sp³-hybridized carbons (Fsp3) is 0.688. The molecule has 0 saturated heterocycles. The van der Waals surface area contributed by atoms with Crippen LogP contribution < -0.4 is 0 Å². The number of fused-ring (bicyclic) bond motifs is 4. The molecule has 0 spiro atoms. The summed E-state index contributed by atoms with van der Waals surface area (Å²) in [4.78, 5) is 11.7. The summed E-state index contributed by atoms with van der Waals surface area (Å²) in [6, 6.07) is 0. The fourth-order valence-corrected chi connectivity index (χ4v) is 4.19. The maximum Gasteiger partial charge on any atom is 0.333 e. The average Bonchev–Trinajstić information content (AvgIpc) is 2.66. The van der Waals surface area contributed by atoms with Gasteiger partial charge in [0.05, 0.1) is 0 Å². The van der Waals surface area contributed by atoms with Crippen molar-refractivity contribution in [3.8, 4) is 0 Å². The number of carbonyl (C=O) groups is 1. The van der Waals surface area contributed by atoms with E-state index in [1.807, 2.05) is 0 Å². The predicted octanol–water partition coefficient (Wildman–Crippen LogP) is 3.36. The Morgan fingerprint density at radius 2 is 2.16 bits per heavy atom. The summed E-state index contributed by atoms with van der Waals surface area (Å²) < 4.78 is 11.4. The highest BCUT2D eigenvalue weighted by Gasteiger charge is 2.55. The zero-order chi connectivity index (χ0) is 13.8. The van der Waals surface area contributed by atoms with Crippen molar-refractivity contribution >= 4 is 5.97 Å². The molecule has 1 fully saturated rings. The summed E-state index contributed by atoms with van der Waals surface area (Å²) in [7, 11) is 1.66. The first kappa shape index (κ1) is 12.9. The zero-order valence-corrected chi connectivity index (χ0v) is 12.2. The maximum absolute atomic E-state index is 11.7. The van der Waals surface area contributed by atoms with E-state index in [4.69, 9.17) is 9.47 Å². The highest BCUT2D eigenvalue weighted by Crippen LogP contribution is 2.56. The van der Waals surface area contributed by atoms with Crippen LogP contribution in [-0.4, -0.2) is 18.9 Å². The van der Waals surface area contributed by atoms with E-state index in [-0.39, 0.29) is 17.3 Å². The van der Waals surface area contributed by atoms with Crippen LogP contribution >= 0.6 is 0 Å². The quantitative estimate of drug-likeness (QED) is 0.537. The molecule has 104 valence electrons. The normalized spacial score (nSPS) is 41.6. The van der Waals surface area contributed by atoms with Crippen LogP contribution in [0.3, 0.4) is 0 Å². The first-order chi connectivity index (χ1) is 8.91. The molecule has 0 aromatic rings. The number of hydrogen-bond donors (Lipinski definition) is 0. The smallest absolute Gasteiger partial charge is 0.333 e. The lowest BCUT2D eigenvalue weighted by Gasteiger charge is -2.43. The standard InChI is InChI=1S/C16H22O3/c1-10-7-13-9-15(3,11(10)2)6-5-12-8-14(17)19-16(12,13)18-4/h8,13H,5-7,9H2,1-4H3/t13-,15-,16+/m1/s1. The van der Waals surface area contributed by atoms with Gasteiger partial charge in [-0.1, -0.05) is 18.1 Å². The lowest BCUT2D eigenvalue weighted by atomic mass is 9.66. The van der Waals surface area contributed by atoms with Crippen molar-refractivity contribution in [3.05, 3.63) is 22.8 Å². The Hall–Kier alpha value is -1.09. The van der Waals surface area contributed by atoms with Gasteiger partial charge in [-0.3, -0.25) is 0 Å². The Labute approximate surface area is 114 Å². The molecule has 0 aromatic heterocycles. The van der Waals surface area contributed by atoms with Gasteiger partial charge in [-0.2, -0.15) is 0 Å². The Kier molecular flexibility index (Phi) is 2.69. The molecule has 0 unspecified atom stereocenters. The van der Waals surface area contributed by atoms with Gasteiger partial charge >= 0.3 is 5.97 Å². The second kappa shape index (κ2) is 3.95. The zero-order valence-electron chi connectivity index (χ0n) is 12.2. The van der Waals surface area contributed by atoms with E-state index >= 15 is 0 Å². The summed E-state index contributed by atoms with van der Waals surface area (Å²) in [5, 5.41) is 0. The monoisotopic (exact) mass is 262 g/mol. The van der Waals surface area contributed by atoms with Crippen LogP contribution in [0.2, 0.25) is 0 Å². The maximum atomic E-state index is 11.7. The largest absolute Gasteiger partial charge is 0.425 e. The van der Waals surface area contributed by atoms with Crippen LogP contribution in [0.25, 0.3) is 0 Å². The Balaban J connectivity index is 2.10. The molecule has 3 atom stereocenters. The van der Waals surface area contributed by atoms with Crippen LogP contribution in [0.4, 0.5) is 0 Å². The van der Waals surface area contributed by atoms with E-state index in [0.29, 0.717) is 0 Å². The molecule has 2 aliphatic carbocycles. The van der Waals surface area contributed by atoms with Crippen LogP contribution in [0, 0.1) is 11.3 Å². The molecule has 0 N–H and O–H groups in total. The number of ether oxygens (including phenoxy) is 2. The Morgan fingerprint density at radius 1 is 1.42 bits per heavy atom. The Bertz CT molecular complexity index is 502. The molecule has 3 rings (SSSR count). The first-order valence-electron chi connectivity index (χ1n) is 7.07. The topological polar surface area (TPSA) is 35.5 Å². The third-order valence-corrected chi connectivity index (χ3v) is 5.57. The van der Waals surface area contributed by atoms with E-state index in [0.717, 1.165) is 31.3 Å². The lowest BCUT2D eigenvalue weighted by Crippen LogP contribution is -2.44. The first-order valence-corrected chi connectivity index (χ1v) is 7.07. The number of rotatable bonds is 1. The van der Waals surface area contributed by atoms with E-state index in [1.165, 1.54) is 11.1 Å². The molecule has 0 amide bonds. The van der Waals surface area contributed by atoms with Crippen molar-refractivity contribution in [1.82, 2.24) is 0 Å². The number of esters is 1. The third-order valence-electron chi connectivity index (χ3n) is 5.57. The molecule has 0 aromatic carbocycles. The van der Waals surface area contributed by atoms with Crippen LogP contribution in [-0.2, 0) is 14.3 Å². The molecule has 1 heterocycles. The van der Waals surface area contributed by atoms with E-state index in [1.54, 1.807) is 13.2 Å². The average molecular weight is 262 g/mol. The van der Waals surface area contributed by atoms with Crippen molar-refractivity contribution < 1.29 is 14.3 Å². The minimum atomic E-state index is -0.795. The fourth-order valence-electron chi connectivity index (χ4n) is 4.19. The molecule has 2 bridgehead atoms. The van der Waals surface area contributed by atoms with Gasteiger partial charge < -0.3 is 9.47 Å². The molecule has 0 radical (unpaired) electrons. The SMILES string of the molecule is CO[C@]12OC(=O)C=C1CC[C@]1(C)C[C@H]2CC(C)=C1C. The molecule has 1 saturated carbocycles. The molecular formula is C16H22O3. The highest BCUT2D eigenvalue weighted by molar-refractivity contribution is 5.86. The minimum absolute atomic E-state index is 0.218.